The second-order valence-electron chi connectivity index (χ2n) is 13.8. The highest BCUT2D eigenvalue weighted by Gasteiger charge is 2.45. The van der Waals surface area contributed by atoms with E-state index < -0.39 is 29.7 Å². The fourth-order valence-electron chi connectivity index (χ4n) is 6.00. The molecule has 1 fully saturated rings. The van der Waals surface area contributed by atoms with Crippen molar-refractivity contribution < 1.29 is 76.0 Å². The van der Waals surface area contributed by atoms with Crippen molar-refractivity contribution in [3.8, 4) is 5.75 Å². The zero-order valence-corrected chi connectivity index (χ0v) is 36.1. The highest BCUT2D eigenvalue weighted by molar-refractivity contribution is 6.25. The highest BCUT2D eigenvalue weighted by Crippen LogP contribution is 2.32. The van der Waals surface area contributed by atoms with E-state index >= 15 is 0 Å². The summed E-state index contributed by atoms with van der Waals surface area (Å²) in [6.45, 7) is 10.8. The molecule has 0 bridgehead atoms. The van der Waals surface area contributed by atoms with Crippen LogP contribution in [0.5, 0.6) is 5.75 Å². The molecule has 352 valence electrons. The quantitative estimate of drug-likeness (QED) is 0.0488. The third-order valence-corrected chi connectivity index (χ3v) is 9.13. The summed E-state index contributed by atoms with van der Waals surface area (Å²) in [5.74, 6) is -1.42. The van der Waals surface area contributed by atoms with Crippen LogP contribution in [0.2, 0.25) is 0 Å². The number of nitrogens with zero attached hydrogens (tertiary/aromatic N) is 1. The molecule has 63 heavy (non-hydrogen) atoms. The van der Waals surface area contributed by atoms with E-state index in [4.69, 9.17) is 62.6 Å². The minimum absolute atomic E-state index is 0.0629. The van der Waals surface area contributed by atoms with Gasteiger partial charge in [0.1, 0.15) is 18.4 Å². The average Bonchev–Trinajstić information content (AvgIpc) is 3.54. The van der Waals surface area contributed by atoms with Gasteiger partial charge in [0.15, 0.2) is 0 Å². The molecule has 0 aromatic heterocycles. The van der Waals surface area contributed by atoms with Gasteiger partial charge < -0.3 is 67.9 Å². The molecule has 0 radical (unpaired) electrons. The topological polar surface area (TPSA) is 232 Å². The third-order valence-electron chi connectivity index (χ3n) is 9.13. The summed E-state index contributed by atoms with van der Waals surface area (Å²) in [6, 6.07) is 11.1. The van der Waals surface area contributed by atoms with E-state index in [1.165, 1.54) is 0 Å². The van der Waals surface area contributed by atoms with Gasteiger partial charge in [-0.3, -0.25) is 29.4 Å². The number of benzene rings is 2. The molecule has 20 heteroatoms. The van der Waals surface area contributed by atoms with Crippen LogP contribution in [-0.4, -0.2) is 193 Å². The molecule has 2 aliphatic heterocycles. The molecule has 2 heterocycles. The van der Waals surface area contributed by atoms with E-state index in [-0.39, 0.29) is 24.0 Å². The normalized spacial score (nSPS) is 15.0. The summed E-state index contributed by atoms with van der Waals surface area (Å²) in [5.41, 5.74) is 7.25. The Labute approximate surface area is 368 Å². The van der Waals surface area contributed by atoms with Crippen LogP contribution < -0.4 is 21.1 Å². The van der Waals surface area contributed by atoms with Crippen LogP contribution in [-0.2, 0) is 61.7 Å². The first-order valence-corrected chi connectivity index (χ1v) is 21.4. The van der Waals surface area contributed by atoms with Gasteiger partial charge in [-0.15, -0.1) is 0 Å². The number of hydrogen-bond donors (Lipinski definition) is 3. The number of amides is 4. The van der Waals surface area contributed by atoms with Gasteiger partial charge in [0, 0.05) is 24.3 Å². The molecule has 20 nitrogen and oxygen atoms in total. The molecule has 1 atom stereocenters. The number of fused-ring (bicyclic) bond motifs is 1. The Morgan fingerprint density at radius 2 is 0.937 bits per heavy atom. The molecular weight excluding hydrogens is 828 g/mol. The minimum Gasteiger partial charge on any atom is -0.491 e. The van der Waals surface area contributed by atoms with Crippen LogP contribution in [0.25, 0.3) is 0 Å². The molecule has 0 spiro atoms. The Hall–Kier alpha value is -4.32. The summed E-state index contributed by atoms with van der Waals surface area (Å²) < 4.78 is 66.2. The van der Waals surface area contributed by atoms with Gasteiger partial charge in [-0.2, -0.15) is 0 Å². The summed E-state index contributed by atoms with van der Waals surface area (Å²) in [4.78, 5) is 50.9. The number of rotatable bonds is 39. The predicted octanol–water partition coefficient (Wildman–Crippen LogP) is 1.34. The largest absolute Gasteiger partial charge is 0.491 e. The van der Waals surface area contributed by atoms with Gasteiger partial charge >= 0.3 is 0 Å². The summed E-state index contributed by atoms with van der Waals surface area (Å²) >= 11 is 0. The monoisotopic (exact) mass is 892 g/mol. The molecule has 2 aromatic rings. The Morgan fingerprint density at radius 1 is 0.524 bits per heavy atom. The van der Waals surface area contributed by atoms with Crippen molar-refractivity contribution in [2.45, 2.75) is 18.9 Å². The number of nitrogens with two attached hydrogens (primary N) is 1. The van der Waals surface area contributed by atoms with Crippen molar-refractivity contribution in [2.24, 2.45) is 0 Å². The number of ether oxygens (including phenoxy) is 12. The maximum absolute atomic E-state index is 13.2. The second-order valence-corrected chi connectivity index (χ2v) is 13.8. The number of imide groups is 2. The maximum Gasteiger partial charge on any atom is 0.264 e. The molecule has 0 saturated carbocycles. The molecule has 0 aliphatic carbocycles. The Bertz CT molecular complexity index is 1600. The zero-order valence-electron chi connectivity index (χ0n) is 36.1. The molecule has 4 N–H and O–H groups in total. The number of nitrogen functional groups attached to an aromatic ring is 1. The van der Waals surface area contributed by atoms with Crippen molar-refractivity contribution in [3.05, 3.63) is 53.6 Å². The van der Waals surface area contributed by atoms with Crippen LogP contribution >= 0.6 is 0 Å². The minimum atomic E-state index is -1.01. The second kappa shape index (κ2) is 32.4. The van der Waals surface area contributed by atoms with Gasteiger partial charge in [0.25, 0.3) is 11.8 Å². The molecular formula is C43H64N4O16. The van der Waals surface area contributed by atoms with Gasteiger partial charge in [0.05, 0.1) is 156 Å². The molecule has 4 amide bonds. The lowest BCUT2D eigenvalue weighted by Crippen LogP contribution is -2.54. The van der Waals surface area contributed by atoms with E-state index in [1.807, 2.05) is 12.1 Å². The standard InChI is InChI=1S/C43H64N4O16/c44-34-4-6-35(7-5-34)63-33-32-62-31-30-61-29-28-60-27-26-59-25-24-58-23-22-57-21-20-56-19-18-55-17-16-54-15-14-53-13-12-52-11-10-45-37-3-1-2-36-40(37)43(51)47(42(36)50)38-8-9-39(48)46-41(38)49/h1-7,38,45H,8-33,44H2,(H,46,48,49). The van der Waals surface area contributed by atoms with Crippen molar-refractivity contribution in [1.82, 2.24) is 10.2 Å². The maximum atomic E-state index is 13.2. The van der Waals surface area contributed by atoms with Crippen LogP contribution in [0, 0.1) is 0 Å². The number of anilines is 2. The molecule has 1 unspecified atom stereocenters. The predicted molar refractivity (Wildman–Crippen MR) is 227 cm³/mol. The lowest BCUT2D eigenvalue weighted by atomic mass is 10.0. The lowest BCUT2D eigenvalue weighted by molar-refractivity contribution is -0.136. The van der Waals surface area contributed by atoms with Gasteiger partial charge in [-0.05, 0) is 42.8 Å². The van der Waals surface area contributed by atoms with Crippen molar-refractivity contribution in [3.63, 3.8) is 0 Å². The SMILES string of the molecule is Nc1ccc(OCCOCCOCCOCCOCCOCCOCCOCCOCCOCCOCCOCCNc2cccc3c2C(=O)N(C2CCC(=O)NC2=O)C3=O)cc1. The summed E-state index contributed by atoms with van der Waals surface area (Å²) in [7, 11) is 0. The third kappa shape index (κ3) is 20.8. The molecule has 2 aliphatic rings. The zero-order chi connectivity index (χ0) is 44.6. The highest BCUT2D eigenvalue weighted by atomic mass is 16.6. The Balaban J connectivity index is 0.798. The van der Waals surface area contributed by atoms with E-state index in [1.54, 1.807) is 30.3 Å². The fraction of sp³-hybridized carbons (Fsp3) is 0.628. The first-order chi connectivity index (χ1) is 31.0. The summed E-state index contributed by atoms with van der Waals surface area (Å²) in [5, 5.41) is 5.33. The number of carbonyl (C=O) groups excluding carboxylic acids is 4. The van der Waals surface area contributed by atoms with Gasteiger partial charge in [-0.25, -0.2) is 0 Å². The lowest BCUT2D eigenvalue weighted by Gasteiger charge is -2.27. The van der Waals surface area contributed by atoms with Crippen LogP contribution in [0.4, 0.5) is 11.4 Å². The molecule has 4 rings (SSSR count). The van der Waals surface area contributed by atoms with E-state index in [0.717, 1.165) is 10.6 Å². The smallest absolute Gasteiger partial charge is 0.264 e. The number of nitrogens with one attached hydrogen (secondary N) is 2. The van der Waals surface area contributed by atoms with Crippen molar-refractivity contribution in [1.29, 1.82) is 0 Å². The van der Waals surface area contributed by atoms with Gasteiger partial charge in [0.2, 0.25) is 11.8 Å². The van der Waals surface area contributed by atoms with Crippen molar-refractivity contribution in [2.75, 3.05) is 170 Å². The Kier molecular flexibility index (Phi) is 26.4. The van der Waals surface area contributed by atoms with E-state index in [2.05, 4.69) is 10.6 Å². The van der Waals surface area contributed by atoms with E-state index in [9.17, 15) is 19.2 Å². The number of carbonyl (C=O) groups is 4. The first kappa shape index (κ1) is 51.3. The average molecular weight is 893 g/mol. The van der Waals surface area contributed by atoms with E-state index in [0.29, 0.717) is 170 Å². The van der Waals surface area contributed by atoms with Crippen LogP contribution in [0.3, 0.4) is 0 Å². The first-order valence-electron chi connectivity index (χ1n) is 21.4. The summed E-state index contributed by atoms with van der Waals surface area (Å²) in [6.07, 6.45) is 0.164. The Morgan fingerprint density at radius 3 is 1.37 bits per heavy atom. The fourth-order valence-corrected chi connectivity index (χ4v) is 6.00. The molecule has 2 aromatic carbocycles. The van der Waals surface area contributed by atoms with Crippen LogP contribution in [0.15, 0.2) is 42.5 Å². The van der Waals surface area contributed by atoms with Crippen molar-refractivity contribution >= 4 is 35.0 Å². The number of hydrogen-bond acceptors (Lipinski definition) is 18. The number of piperidine rings is 1. The van der Waals surface area contributed by atoms with Crippen LogP contribution in [0.1, 0.15) is 33.6 Å². The van der Waals surface area contributed by atoms with Gasteiger partial charge in [-0.1, -0.05) is 6.07 Å². The molecule has 1 saturated heterocycles.